The van der Waals surface area contributed by atoms with Crippen molar-refractivity contribution in [3.05, 3.63) is 53.6 Å². The molecule has 0 saturated heterocycles. The molecule has 1 atom stereocenters. The standard InChI is InChI=1S/C24H29NO5/c1-5-15-29-21-12-9-19(16-22(21)27-4)13-14-25-24(26)23(28-6-2)17-30-20-10-7-18(3)8-11-20/h1,7-12,16,23H,6,13-15,17H2,2-4H3,(H,25,26)/t23-/m0/s1. The van der Waals surface area contributed by atoms with Gasteiger partial charge in [-0.3, -0.25) is 4.79 Å². The Morgan fingerprint density at radius 3 is 2.57 bits per heavy atom. The third-order valence-electron chi connectivity index (χ3n) is 4.33. The largest absolute Gasteiger partial charge is 0.493 e. The van der Waals surface area contributed by atoms with Crippen molar-refractivity contribution in [3.8, 4) is 29.6 Å². The molecule has 0 unspecified atom stereocenters. The first kappa shape index (κ1) is 23.1. The highest BCUT2D eigenvalue weighted by Gasteiger charge is 2.19. The van der Waals surface area contributed by atoms with E-state index >= 15 is 0 Å². The Labute approximate surface area is 178 Å². The molecule has 6 nitrogen and oxygen atoms in total. The highest BCUT2D eigenvalue weighted by Crippen LogP contribution is 2.28. The molecule has 0 aliphatic heterocycles. The van der Waals surface area contributed by atoms with Gasteiger partial charge in [0, 0.05) is 13.2 Å². The normalized spacial score (nSPS) is 11.3. The summed E-state index contributed by atoms with van der Waals surface area (Å²) in [7, 11) is 1.57. The molecule has 160 valence electrons. The third-order valence-corrected chi connectivity index (χ3v) is 4.33. The molecule has 30 heavy (non-hydrogen) atoms. The number of methoxy groups -OCH3 is 1. The molecule has 2 rings (SSSR count). The van der Waals surface area contributed by atoms with E-state index < -0.39 is 6.10 Å². The predicted molar refractivity (Wildman–Crippen MR) is 116 cm³/mol. The summed E-state index contributed by atoms with van der Waals surface area (Å²) in [5, 5.41) is 2.91. The summed E-state index contributed by atoms with van der Waals surface area (Å²) in [4.78, 5) is 12.5. The molecule has 0 aliphatic carbocycles. The average molecular weight is 411 g/mol. The quantitative estimate of drug-likeness (QED) is 0.544. The van der Waals surface area contributed by atoms with E-state index in [9.17, 15) is 4.79 Å². The van der Waals surface area contributed by atoms with Crippen LogP contribution in [0.25, 0.3) is 0 Å². The number of amides is 1. The van der Waals surface area contributed by atoms with Crippen LogP contribution in [0.2, 0.25) is 0 Å². The molecule has 0 radical (unpaired) electrons. The van der Waals surface area contributed by atoms with Crippen molar-refractivity contribution in [2.24, 2.45) is 0 Å². The zero-order valence-electron chi connectivity index (χ0n) is 17.8. The van der Waals surface area contributed by atoms with Crippen molar-refractivity contribution >= 4 is 5.91 Å². The fourth-order valence-corrected chi connectivity index (χ4v) is 2.76. The van der Waals surface area contributed by atoms with E-state index in [1.54, 1.807) is 7.11 Å². The number of carbonyl (C=O) groups is 1. The molecular weight excluding hydrogens is 382 g/mol. The fraction of sp³-hybridized carbons (Fsp3) is 0.375. The number of hydrogen-bond acceptors (Lipinski definition) is 5. The molecule has 2 aromatic carbocycles. The van der Waals surface area contributed by atoms with Gasteiger partial charge in [-0.1, -0.05) is 29.7 Å². The number of nitrogens with one attached hydrogen (secondary N) is 1. The summed E-state index contributed by atoms with van der Waals surface area (Å²) in [5.41, 5.74) is 2.15. The zero-order chi connectivity index (χ0) is 21.8. The topological polar surface area (TPSA) is 66.0 Å². The third kappa shape index (κ3) is 7.34. The second-order valence-electron chi connectivity index (χ2n) is 6.59. The SMILES string of the molecule is C#CCOc1ccc(CCNC(=O)[C@H](COc2ccc(C)cc2)OCC)cc1OC. The number of hydrogen-bond donors (Lipinski definition) is 1. The maximum Gasteiger partial charge on any atom is 0.252 e. The van der Waals surface area contributed by atoms with Gasteiger partial charge in [0.15, 0.2) is 17.6 Å². The van der Waals surface area contributed by atoms with E-state index in [2.05, 4.69) is 11.2 Å². The average Bonchev–Trinajstić information content (AvgIpc) is 2.76. The monoisotopic (exact) mass is 411 g/mol. The van der Waals surface area contributed by atoms with E-state index in [1.165, 1.54) is 0 Å². The Kier molecular flexibility index (Phi) is 9.56. The number of benzene rings is 2. The van der Waals surface area contributed by atoms with Crippen LogP contribution >= 0.6 is 0 Å². The van der Waals surface area contributed by atoms with Gasteiger partial charge < -0.3 is 24.3 Å². The highest BCUT2D eigenvalue weighted by molar-refractivity contribution is 5.81. The van der Waals surface area contributed by atoms with E-state index in [0.29, 0.717) is 36.8 Å². The Morgan fingerprint density at radius 2 is 1.90 bits per heavy atom. The zero-order valence-corrected chi connectivity index (χ0v) is 17.8. The number of rotatable bonds is 12. The molecule has 0 fully saturated rings. The van der Waals surface area contributed by atoms with Crippen LogP contribution in [0, 0.1) is 19.3 Å². The van der Waals surface area contributed by atoms with Gasteiger partial charge in [0.05, 0.1) is 7.11 Å². The summed E-state index contributed by atoms with van der Waals surface area (Å²) in [5.74, 6) is 4.12. The highest BCUT2D eigenvalue weighted by atomic mass is 16.5. The van der Waals surface area contributed by atoms with Gasteiger partial charge in [-0.2, -0.15) is 0 Å². The lowest BCUT2D eigenvalue weighted by Gasteiger charge is -2.18. The maximum absolute atomic E-state index is 12.5. The van der Waals surface area contributed by atoms with Gasteiger partial charge in [-0.05, 0) is 50.1 Å². The molecular formula is C24H29NO5. The minimum Gasteiger partial charge on any atom is -0.493 e. The Hall–Kier alpha value is -3.17. The van der Waals surface area contributed by atoms with Crippen LogP contribution in [0.5, 0.6) is 17.2 Å². The van der Waals surface area contributed by atoms with Gasteiger partial charge in [0.25, 0.3) is 5.91 Å². The second kappa shape index (κ2) is 12.4. The van der Waals surface area contributed by atoms with Gasteiger partial charge in [-0.25, -0.2) is 0 Å². The minimum atomic E-state index is -0.676. The number of ether oxygens (including phenoxy) is 4. The summed E-state index contributed by atoms with van der Waals surface area (Å²) in [6.07, 6.45) is 5.18. The van der Waals surface area contributed by atoms with Crippen LogP contribution in [0.4, 0.5) is 0 Å². The molecule has 0 spiro atoms. The Bertz CT molecular complexity index is 842. The first-order chi connectivity index (χ1) is 14.6. The van der Waals surface area contributed by atoms with Gasteiger partial charge in [-0.15, -0.1) is 6.42 Å². The lowest BCUT2D eigenvalue weighted by atomic mass is 10.1. The van der Waals surface area contributed by atoms with Crippen LogP contribution in [-0.2, 0) is 16.0 Å². The van der Waals surface area contributed by atoms with E-state index in [-0.39, 0.29) is 19.1 Å². The minimum absolute atomic E-state index is 0.151. The Morgan fingerprint density at radius 1 is 1.13 bits per heavy atom. The van der Waals surface area contributed by atoms with Crippen LogP contribution in [0.1, 0.15) is 18.1 Å². The Balaban J connectivity index is 1.86. The summed E-state index contributed by atoms with van der Waals surface area (Å²) in [6, 6.07) is 13.3. The fourth-order valence-electron chi connectivity index (χ4n) is 2.76. The van der Waals surface area contributed by atoms with E-state index in [1.807, 2.05) is 56.3 Å². The van der Waals surface area contributed by atoms with Crippen molar-refractivity contribution in [2.75, 3.05) is 33.5 Å². The van der Waals surface area contributed by atoms with Gasteiger partial charge >= 0.3 is 0 Å². The van der Waals surface area contributed by atoms with Crippen molar-refractivity contribution < 1.29 is 23.7 Å². The summed E-state index contributed by atoms with van der Waals surface area (Å²) < 4.78 is 22.0. The molecule has 1 N–H and O–H groups in total. The van der Waals surface area contributed by atoms with Crippen molar-refractivity contribution in [1.29, 1.82) is 0 Å². The molecule has 0 aromatic heterocycles. The summed E-state index contributed by atoms with van der Waals surface area (Å²) >= 11 is 0. The molecule has 1 amide bonds. The van der Waals surface area contributed by atoms with Crippen LogP contribution in [0.15, 0.2) is 42.5 Å². The second-order valence-corrected chi connectivity index (χ2v) is 6.59. The molecule has 6 heteroatoms. The van der Waals surface area contributed by atoms with Crippen molar-refractivity contribution in [2.45, 2.75) is 26.4 Å². The van der Waals surface area contributed by atoms with Gasteiger partial charge in [0.2, 0.25) is 0 Å². The number of terminal acetylenes is 1. The van der Waals surface area contributed by atoms with Crippen LogP contribution in [-0.4, -0.2) is 45.5 Å². The van der Waals surface area contributed by atoms with Crippen LogP contribution in [0.3, 0.4) is 0 Å². The van der Waals surface area contributed by atoms with Crippen LogP contribution < -0.4 is 19.5 Å². The number of aryl methyl sites for hydroxylation is 1. The van der Waals surface area contributed by atoms with Gasteiger partial charge in [0.1, 0.15) is 19.0 Å². The number of carbonyl (C=O) groups excluding carboxylic acids is 1. The lowest BCUT2D eigenvalue weighted by molar-refractivity contribution is -0.134. The first-order valence-corrected chi connectivity index (χ1v) is 9.89. The smallest absolute Gasteiger partial charge is 0.252 e. The summed E-state index contributed by atoms with van der Waals surface area (Å²) in [6.45, 7) is 5.06. The molecule has 0 bridgehead atoms. The molecule has 2 aromatic rings. The van der Waals surface area contributed by atoms with E-state index in [0.717, 1.165) is 11.1 Å². The van der Waals surface area contributed by atoms with Crippen molar-refractivity contribution in [3.63, 3.8) is 0 Å². The molecule has 0 aliphatic rings. The first-order valence-electron chi connectivity index (χ1n) is 9.89. The van der Waals surface area contributed by atoms with E-state index in [4.69, 9.17) is 25.4 Å². The lowest BCUT2D eigenvalue weighted by Crippen LogP contribution is -2.41. The molecule has 0 heterocycles. The predicted octanol–water partition coefficient (Wildman–Crippen LogP) is 3.16. The maximum atomic E-state index is 12.5. The van der Waals surface area contributed by atoms with Crippen molar-refractivity contribution in [1.82, 2.24) is 5.32 Å². The molecule has 0 saturated carbocycles.